The lowest BCUT2D eigenvalue weighted by atomic mass is 9.83. The van der Waals surface area contributed by atoms with Crippen molar-refractivity contribution in [2.24, 2.45) is 11.8 Å². The minimum Gasteiger partial charge on any atom is -0.303 e. The van der Waals surface area contributed by atoms with Gasteiger partial charge in [0, 0.05) is 59.8 Å². The van der Waals surface area contributed by atoms with Crippen LogP contribution in [0.1, 0.15) is 38.5 Å². The molecule has 4 nitrogen and oxygen atoms in total. The lowest BCUT2D eigenvalue weighted by molar-refractivity contribution is -0.0319. The van der Waals surface area contributed by atoms with Gasteiger partial charge in [0.15, 0.2) is 0 Å². The topological polar surface area (TPSA) is 36.5 Å². The Kier molecular flexibility index (Phi) is 8.92. The van der Waals surface area contributed by atoms with Crippen molar-refractivity contribution in [1.29, 1.82) is 0 Å². The molecule has 3 rings (SSSR count). The van der Waals surface area contributed by atoms with Gasteiger partial charge in [0.2, 0.25) is 0 Å². The fourth-order valence-corrected chi connectivity index (χ4v) is 6.12. The number of alkyl halides is 4. The maximum atomic E-state index is 6.67. The van der Waals surface area contributed by atoms with Crippen molar-refractivity contribution >= 4 is 46.4 Å². The zero-order valence-electron chi connectivity index (χ0n) is 15.2. The van der Waals surface area contributed by atoms with E-state index < -0.39 is 0 Å². The number of nitrogens with zero attached hydrogens (tertiary/aromatic N) is 1. The van der Waals surface area contributed by atoms with Crippen molar-refractivity contribution in [2.75, 3.05) is 32.9 Å². The number of nitrogens with one attached hydrogen (secondary N) is 2. The lowest BCUT2D eigenvalue weighted by Gasteiger charge is -2.38. The molecule has 0 bridgehead atoms. The van der Waals surface area contributed by atoms with Crippen LogP contribution in [-0.4, -0.2) is 65.4 Å². The Morgan fingerprint density at radius 2 is 1.73 bits per heavy atom. The summed E-state index contributed by atoms with van der Waals surface area (Å²) in [7, 11) is 0. The molecule has 7 unspecified atom stereocenters. The van der Waals surface area contributed by atoms with Crippen molar-refractivity contribution in [3.8, 4) is 0 Å². The monoisotopic (exact) mass is 445 g/mol. The van der Waals surface area contributed by atoms with Crippen LogP contribution < -0.4 is 10.8 Å². The largest absolute Gasteiger partial charge is 0.303 e. The molecule has 0 aromatic heterocycles. The van der Waals surface area contributed by atoms with E-state index in [-0.39, 0.29) is 27.6 Å². The van der Waals surface area contributed by atoms with Gasteiger partial charge in [0.1, 0.15) is 0 Å². The van der Waals surface area contributed by atoms with E-state index in [1.807, 2.05) is 0 Å². The van der Waals surface area contributed by atoms with Gasteiger partial charge in [-0.2, -0.15) is 5.48 Å². The number of hydrogen-bond acceptors (Lipinski definition) is 4. The van der Waals surface area contributed by atoms with Crippen LogP contribution in [0, 0.1) is 11.8 Å². The highest BCUT2D eigenvalue weighted by molar-refractivity contribution is 6.24. The summed E-state index contributed by atoms with van der Waals surface area (Å²) in [6.07, 6.45) is 5.85. The van der Waals surface area contributed by atoms with Gasteiger partial charge in [0.05, 0.1) is 6.61 Å². The third-order valence-electron chi connectivity index (χ3n) is 6.05. The molecular weight excluding hydrogens is 416 g/mol. The minimum atomic E-state index is 0.0929. The molecule has 3 aliphatic rings. The van der Waals surface area contributed by atoms with E-state index in [0.717, 1.165) is 64.8 Å². The molecule has 0 aromatic rings. The average Bonchev–Trinajstić information content (AvgIpc) is 3.09. The summed E-state index contributed by atoms with van der Waals surface area (Å²) in [6, 6.07) is 0.208. The molecule has 0 aromatic carbocycles. The van der Waals surface area contributed by atoms with Crippen molar-refractivity contribution in [3.63, 3.8) is 0 Å². The summed E-state index contributed by atoms with van der Waals surface area (Å²) in [5.74, 6) is 0.733. The van der Waals surface area contributed by atoms with E-state index in [2.05, 4.69) is 15.7 Å². The highest BCUT2D eigenvalue weighted by Gasteiger charge is 2.36. The van der Waals surface area contributed by atoms with E-state index in [0.29, 0.717) is 18.4 Å². The van der Waals surface area contributed by atoms with Crippen molar-refractivity contribution in [1.82, 2.24) is 15.7 Å². The van der Waals surface area contributed by atoms with Crippen LogP contribution in [0.3, 0.4) is 0 Å². The Balaban J connectivity index is 1.51. The Bertz CT molecular complexity index is 427. The Morgan fingerprint density at radius 1 is 1.00 bits per heavy atom. The molecule has 0 amide bonds. The molecule has 3 fully saturated rings. The van der Waals surface area contributed by atoms with Gasteiger partial charge in [-0.3, -0.25) is 4.90 Å². The van der Waals surface area contributed by atoms with Crippen LogP contribution in [0.5, 0.6) is 0 Å². The number of hydrogen-bond donors (Lipinski definition) is 2. The quantitative estimate of drug-likeness (QED) is 0.461. The molecule has 0 spiro atoms. The zero-order valence-corrected chi connectivity index (χ0v) is 18.2. The number of halogens is 4. The van der Waals surface area contributed by atoms with E-state index >= 15 is 0 Å². The average molecular weight is 447 g/mol. The van der Waals surface area contributed by atoms with E-state index in [1.54, 1.807) is 0 Å². The molecule has 2 saturated carbocycles. The third kappa shape index (κ3) is 6.25. The first kappa shape index (κ1) is 21.7. The van der Waals surface area contributed by atoms with Crippen LogP contribution in [0.25, 0.3) is 0 Å². The third-order valence-corrected chi connectivity index (χ3v) is 7.88. The molecule has 1 aliphatic heterocycles. The summed E-state index contributed by atoms with van der Waals surface area (Å²) in [4.78, 5) is 8.38. The van der Waals surface area contributed by atoms with Gasteiger partial charge in [-0.25, -0.2) is 0 Å². The molecule has 8 heteroatoms. The summed E-state index contributed by atoms with van der Waals surface area (Å²) in [5, 5.41) is 3.99. The van der Waals surface area contributed by atoms with Gasteiger partial charge in [0.25, 0.3) is 0 Å². The zero-order chi connectivity index (χ0) is 18.5. The van der Waals surface area contributed by atoms with Gasteiger partial charge in [-0.1, -0.05) is 0 Å². The maximum Gasteiger partial charge on any atom is 0.0724 e. The predicted molar refractivity (Wildman–Crippen MR) is 111 cm³/mol. The van der Waals surface area contributed by atoms with Crippen molar-refractivity contribution < 1.29 is 4.84 Å². The fourth-order valence-electron chi connectivity index (χ4n) is 4.37. The van der Waals surface area contributed by atoms with Gasteiger partial charge in [-0.05, 0) is 44.4 Å². The fraction of sp³-hybridized carbons (Fsp3) is 1.00. The Morgan fingerprint density at radius 3 is 2.38 bits per heavy atom. The maximum absolute atomic E-state index is 6.67. The van der Waals surface area contributed by atoms with E-state index in [4.69, 9.17) is 51.2 Å². The predicted octanol–water partition coefficient (Wildman–Crippen LogP) is 3.77. The van der Waals surface area contributed by atoms with Gasteiger partial charge in [-0.15, -0.1) is 46.4 Å². The Hall–Kier alpha value is 1.00. The highest BCUT2D eigenvalue weighted by Crippen LogP contribution is 2.35. The Labute approximate surface area is 177 Å². The van der Waals surface area contributed by atoms with Gasteiger partial charge >= 0.3 is 0 Å². The molecular formula is C18H31Cl4N3O. The second-order valence-corrected chi connectivity index (χ2v) is 10.4. The molecule has 26 heavy (non-hydrogen) atoms. The first-order valence-corrected chi connectivity index (χ1v) is 11.6. The van der Waals surface area contributed by atoms with E-state index in [9.17, 15) is 0 Å². The van der Waals surface area contributed by atoms with E-state index in [1.165, 1.54) is 0 Å². The smallest absolute Gasteiger partial charge is 0.0724 e. The number of rotatable bonds is 7. The first-order chi connectivity index (χ1) is 12.5. The summed E-state index contributed by atoms with van der Waals surface area (Å²) >= 11 is 25.7. The molecule has 1 heterocycles. The van der Waals surface area contributed by atoms with Crippen LogP contribution in [-0.2, 0) is 4.84 Å². The highest BCUT2D eigenvalue weighted by atomic mass is 35.5. The molecule has 2 aliphatic carbocycles. The SMILES string of the molecule is ClC1CCC(CONC(CN2CCNC2)C2CCC(Cl)CC2Cl)C(Cl)C1. The van der Waals surface area contributed by atoms with Crippen molar-refractivity contribution in [3.05, 3.63) is 0 Å². The van der Waals surface area contributed by atoms with Crippen LogP contribution in [0.15, 0.2) is 0 Å². The van der Waals surface area contributed by atoms with Gasteiger partial charge < -0.3 is 10.2 Å². The lowest BCUT2D eigenvalue weighted by Crippen LogP contribution is -2.50. The summed E-state index contributed by atoms with van der Waals surface area (Å²) in [6.45, 7) is 4.61. The number of hydroxylamine groups is 1. The standard InChI is InChI=1S/C18H31Cl4N3O/c19-13-2-1-12(16(21)7-13)10-26-24-18(9-25-6-5-23-11-25)15-4-3-14(20)8-17(15)22/h12-18,23-24H,1-11H2. The molecule has 2 N–H and O–H groups in total. The molecule has 7 atom stereocenters. The second-order valence-electron chi connectivity index (χ2n) is 8.05. The van der Waals surface area contributed by atoms with Crippen LogP contribution in [0.2, 0.25) is 0 Å². The van der Waals surface area contributed by atoms with Crippen molar-refractivity contribution in [2.45, 2.75) is 66.1 Å². The molecule has 0 radical (unpaired) electrons. The summed E-state index contributed by atoms with van der Waals surface area (Å²) in [5.41, 5.74) is 3.35. The first-order valence-electron chi connectivity index (χ1n) is 9.89. The van der Waals surface area contributed by atoms with Crippen LogP contribution >= 0.6 is 46.4 Å². The normalized spacial score (nSPS) is 40.6. The molecule has 1 saturated heterocycles. The minimum absolute atomic E-state index is 0.0929. The second kappa shape index (κ2) is 10.7. The molecule has 152 valence electrons. The van der Waals surface area contributed by atoms with Crippen LogP contribution in [0.4, 0.5) is 0 Å². The summed E-state index contributed by atoms with van der Waals surface area (Å²) < 4.78 is 0.